The average Bonchev–Trinajstić information content (AvgIpc) is 2.91. The minimum absolute atomic E-state index is 0.0136. The molecule has 10 heteroatoms. The molecule has 0 aliphatic rings. The van der Waals surface area contributed by atoms with Crippen LogP contribution < -0.4 is 5.32 Å². The molecule has 0 spiro atoms. The summed E-state index contributed by atoms with van der Waals surface area (Å²) in [5, 5.41) is 2.82. The van der Waals surface area contributed by atoms with Gasteiger partial charge in [-0.15, -0.1) is 0 Å². The van der Waals surface area contributed by atoms with Crippen LogP contribution in [0, 0.1) is 0 Å². The van der Waals surface area contributed by atoms with Crippen LogP contribution in [0.1, 0.15) is 0 Å². The van der Waals surface area contributed by atoms with Crippen molar-refractivity contribution in [3.63, 3.8) is 0 Å². The van der Waals surface area contributed by atoms with Crippen LogP contribution in [0.15, 0.2) is 18.7 Å². The first-order chi connectivity index (χ1) is 9.65. The Morgan fingerprint density at radius 3 is 2.90 bits per heavy atom. The monoisotopic (exact) mass is 304 g/mol. The van der Waals surface area contributed by atoms with Crippen molar-refractivity contribution in [3.05, 3.63) is 24.0 Å². The van der Waals surface area contributed by atoms with Crippen molar-refractivity contribution in [1.29, 1.82) is 0 Å². The highest BCUT2D eigenvalue weighted by Crippen LogP contribution is 2.09. The van der Waals surface area contributed by atoms with Gasteiger partial charge >= 0.3 is 0 Å². The second-order valence-electron chi connectivity index (χ2n) is 3.59. The molecule has 0 aliphatic heterocycles. The van der Waals surface area contributed by atoms with E-state index in [1.165, 1.54) is 6.33 Å². The molecule has 0 radical (unpaired) electrons. The Kier molecular flexibility index (Phi) is 5.13. The lowest BCUT2D eigenvalue weighted by Crippen LogP contribution is -2.15. The molecule has 2 rings (SSSR count). The SMILES string of the molecule is FC(F)COCCNc1nc(Cl)nc(-n2ccnc2)n1. The predicted molar refractivity (Wildman–Crippen MR) is 67.3 cm³/mol. The molecular weight excluding hydrogens is 294 g/mol. The van der Waals surface area contributed by atoms with Gasteiger partial charge in [0.1, 0.15) is 12.9 Å². The number of hydrogen-bond donors (Lipinski definition) is 1. The quantitative estimate of drug-likeness (QED) is 0.779. The van der Waals surface area contributed by atoms with Crippen LogP contribution in [-0.2, 0) is 4.74 Å². The van der Waals surface area contributed by atoms with E-state index in [1.54, 1.807) is 17.0 Å². The molecule has 0 aliphatic carbocycles. The fraction of sp³-hybridized carbons (Fsp3) is 0.400. The summed E-state index contributed by atoms with van der Waals surface area (Å²) >= 11 is 5.78. The van der Waals surface area contributed by atoms with Crippen molar-refractivity contribution >= 4 is 17.5 Å². The molecule has 2 aromatic rings. The second kappa shape index (κ2) is 7.06. The van der Waals surface area contributed by atoms with E-state index in [1.807, 2.05) is 0 Å². The molecule has 108 valence electrons. The van der Waals surface area contributed by atoms with Crippen molar-refractivity contribution in [2.24, 2.45) is 0 Å². The predicted octanol–water partition coefficient (Wildman–Crippen LogP) is 1.40. The second-order valence-corrected chi connectivity index (χ2v) is 3.93. The fourth-order valence-electron chi connectivity index (χ4n) is 1.32. The number of anilines is 1. The molecule has 0 saturated heterocycles. The number of rotatable bonds is 7. The maximum absolute atomic E-state index is 11.8. The summed E-state index contributed by atoms with van der Waals surface area (Å²) in [5.41, 5.74) is 0. The van der Waals surface area contributed by atoms with Crippen LogP contribution in [0.3, 0.4) is 0 Å². The van der Waals surface area contributed by atoms with E-state index < -0.39 is 13.0 Å². The van der Waals surface area contributed by atoms with Crippen molar-refractivity contribution in [2.75, 3.05) is 25.1 Å². The maximum atomic E-state index is 11.8. The van der Waals surface area contributed by atoms with Crippen LogP contribution in [0.5, 0.6) is 0 Å². The van der Waals surface area contributed by atoms with Crippen molar-refractivity contribution in [1.82, 2.24) is 24.5 Å². The number of nitrogens with zero attached hydrogens (tertiary/aromatic N) is 5. The Morgan fingerprint density at radius 2 is 2.20 bits per heavy atom. The van der Waals surface area contributed by atoms with Gasteiger partial charge in [-0.1, -0.05) is 0 Å². The van der Waals surface area contributed by atoms with Crippen LogP contribution in [0.2, 0.25) is 5.28 Å². The van der Waals surface area contributed by atoms with Gasteiger partial charge in [0.2, 0.25) is 17.2 Å². The third kappa shape index (κ3) is 4.35. The molecule has 0 saturated carbocycles. The molecule has 0 fully saturated rings. The maximum Gasteiger partial charge on any atom is 0.261 e. The first kappa shape index (κ1) is 14.5. The summed E-state index contributed by atoms with van der Waals surface area (Å²) in [6.45, 7) is -0.218. The Bertz CT molecular complexity index is 539. The van der Waals surface area contributed by atoms with Gasteiger partial charge in [-0.05, 0) is 11.6 Å². The average molecular weight is 305 g/mol. The normalized spacial score (nSPS) is 11.0. The van der Waals surface area contributed by atoms with E-state index in [0.717, 1.165) is 0 Å². The lowest BCUT2D eigenvalue weighted by Gasteiger charge is -2.07. The number of nitrogens with one attached hydrogen (secondary N) is 1. The molecular formula is C10H11ClF2N6O. The van der Waals surface area contributed by atoms with Crippen molar-refractivity contribution < 1.29 is 13.5 Å². The smallest absolute Gasteiger partial charge is 0.261 e. The number of imidazole rings is 1. The molecule has 7 nitrogen and oxygen atoms in total. The van der Waals surface area contributed by atoms with Crippen molar-refractivity contribution in [3.8, 4) is 5.95 Å². The Hall–Kier alpha value is -1.87. The highest BCUT2D eigenvalue weighted by molar-refractivity contribution is 6.28. The zero-order valence-corrected chi connectivity index (χ0v) is 11.0. The standard InChI is InChI=1S/C10H11ClF2N6O/c11-8-16-9(15-2-4-20-5-7(12)13)18-10(17-8)19-3-1-14-6-19/h1,3,6-7H,2,4-5H2,(H,15,16,17,18). The molecule has 2 aromatic heterocycles. The molecule has 0 bridgehead atoms. The molecule has 20 heavy (non-hydrogen) atoms. The topological polar surface area (TPSA) is 77.8 Å². The first-order valence-corrected chi connectivity index (χ1v) is 6.02. The summed E-state index contributed by atoms with van der Waals surface area (Å²) in [6.07, 6.45) is 2.26. The van der Waals surface area contributed by atoms with Gasteiger partial charge in [-0.2, -0.15) is 15.0 Å². The largest absolute Gasteiger partial charge is 0.374 e. The van der Waals surface area contributed by atoms with Gasteiger partial charge in [0, 0.05) is 18.9 Å². The highest BCUT2D eigenvalue weighted by atomic mass is 35.5. The van der Waals surface area contributed by atoms with Crippen LogP contribution in [0.4, 0.5) is 14.7 Å². The van der Waals surface area contributed by atoms with Gasteiger partial charge in [0.25, 0.3) is 6.43 Å². The molecule has 0 atom stereocenters. The lowest BCUT2D eigenvalue weighted by molar-refractivity contribution is 0.0214. The van der Waals surface area contributed by atoms with E-state index in [9.17, 15) is 8.78 Å². The summed E-state index contributed by atoms with van der Waals surface area (Å²) in [7, 11) is 0. The zero-order chi connectivity index (χ0) is 14.4. The number of hydrogen-bond acceptors (Lipinski definition) is 6. The number of alkyl halides is 2. The van der Waals surface area contributed by atoms with E-state index in [4.69, 9.17) is 16.3 Å². The molecule has 2 heterocycles. The highest BCUT2D eigenvalue weighted by Gasteiger charge is 2.06. The van der Waals surface area contributed by atoms with E-state index >= 15 is 0 Å². The first-order valence-electron chi connectivity index (χ1n) is 5.65. The van der Waals surface area contributed by atoms with Gasteiger partial charge in [0.05, 0.1) is 6.61 Å². The van der Waals surface area contributed by atoms with Crippen LogP contribution in [-0.4, -0.2) is 50.7 Å². The third-order valence-electron chi connectivity index (χ3n) is 2.11. The molecule has 0 amide bonds. The van der Waals surface area contributed by atoms with Gasteiger partial charge < -0.3 is 10.1 Å². The Morgan fingerprint density at radius 1 is 1.35 bits per heavy atom. The number of aromatic nitrogens is 5. The lowest BCUT2D eigenvalue weighted by atomic mass is 10.6. The third-order valence-corrected chi connectivity index (χ3v) is 2.27. The minimum Gasteiger partial charge on any atom is -0.374 e. The zero-order valence-electron chi connectivity index (χ0n) is 10.2. The summed E-state index contributed by atoms with van der Waals surface area (Å²) in [4.78, 5) is 15.8. The van der Waals surface area contributed by atoms with Crippen LogP contribution >= 0.6 is 11.6 Å². The number of halogens is 3. The molecule has 1 N–H and O–H groups in total. The Labute approximate surface area is 118 Å². The van der Waals surface area contributed by atoms with Gasteiger partial charge in [-0.3, -0.25) is 4.57 Å². The summed E-state index contributed by atoms with van der Waals surface area (Å²) < 4.78 is 30.0. The molecule has 0 unspecified atom stereocenters. The van der Waals surface area contributed by atoms with E-state index in [0.29, 0.717) is 5.95 Å². The van der Waals surface area contributed by atoms with E-state index in [-0.39, 0.29) is 24.4 Å². The fourth-order valence-corrected chi connectivity index (χ4v) is 1.47. The Balaban J connectivity index is 1.92. The van der Waals surface area contributed by atoms with Gasteiger partial charge in [0.15, 0.2) is 0 Å². The van der Waals surface area contributed by atoms with E-state index in [2.05, 4.69) is 25.3 Å². The van der Waals surface area contributed by atoms with Crippen molar-refractivity contribution in [2.45, 2.75) is 6.43 Å². The summed E-state index contributed by atoms with van der Waals surface area (Å²) in [6, 6.07) is 0. The molecule has 0 aromatic carbocycles. The van der Waals surface area contributed by atoms with Gasteiger partial charge in [-0.25, -0.2) is 13.8 Å². The number of ether oxygens (including phenoxy) is 1. The van der Waals surface area contributed by atoms with Crippen LogP contribution in [0.25, 0.3) is 5.95 Å². The summed E-state index contributed by atoms with van der Waals surface area (Å²) in [5.74, 6) is 0.535. The minimum atomic E-state index is -2.48.